The minimum Gasteiger partial charge on any atom is -0.497 e. The summed E-state index contributed by atoms with van der Waals surface area (Å²) in [5.41, 5.74) is 2.19. The van der Waals surface area contributed by atoms with Crippen molar-refractivity contribution >= 4 is 17.5 Å². The highest BCUT2D eigenvalue weighted by molar-refractivity contribution is 5.94. The van der Waals surface area contributed by atoms with Crippen LogP contribution in [-0.2, 0) is 4.79 Å². The molecule has 2 aromatic carbocycles. The topological polar surface area (TPSA) is 67.4 Å². The van der Waals surface area contributed by atoms with Gasteiger partial charge in [0.2, 0.25) is 5.91 Å². The van der Waals surface area contributed by atoms with Gasteiger partial charge in [-0.3, -0.25) is 9.59 Å². The summed E-state index contributed by atoms with van der Waals surface area (Å²) in [5.74, 6) is 0.416. The summed E-state index contributed by atoms with van der Waals surface area (Å²) in [5, 5.41) is 5.67. The standard InChI is InChI=1S/C18H20N2O3/c1-12(15-5-4-6-16(11-15)20-13(2)21)19-18(22)14-7-9-17(23-3)10-8-14/h4-12H,1-3H3,(H,19,22)(H,20,21). The Hall–Kier alpha value is -2.82. The zero-order chi connectivity index (χ0) is 16.8. The van der Waals surface area contributed by atoms with Gasteiger partial charge < -0.3 is 15.4 Å². The Kier molecular flexibility index (Phi) is 5.36. The maximum absolute atomic E-state index is 12.3. The van der Waals surface area contributed by atoms with E-state index in [4.69, 9.17) is 4.74 Å². The number of carbonyl (C=O) groups is 2. The molecule has 120 valence electrons. The van der Waals surface area contributed by atoms with Crippen molar-refractivity contribution < 1.29 is 14.3 Å². The summed E-state index contributed by atoms with van der Waals surface area (Å²) in [4.78, 5) is 23.4. The van der Waals surface area contributed by atoms with Gasteiger partial charge in [-0.05, 0) is 48.9 Å². The van der Waals surface area contributed by atoms with Gasteiger partial charge in [-0.15, -0.1) is 0 Å². The van der Waals surface area contributed by atoms with Crippen molar-refractivity contribution in [2.45, 2.75) is 19.9 Å². The van der Waals surface area contributed by atoms with E-state index in [-0.39, 0.29) is 17.9 Å². The molecule has 2 rings (SSSR count). The van der Waals surface area contributed by atoms with Crippen molar-refractivity contribution in [2.24, 2.45) is 0 Å². The fourth-order valence-electron chi connectivity index (χ4n) is 2.19. The number of methoxy groups -OCH3 is 1. The van der Waals surface area contributed by atoms with Crippen LogP contribution in [0.2, 0.25) is 0 Å². The molecule has 23 heavy (non-hydrogen) atoms. The molecular formula is C18H20N2O3. The second-order valence-electron chi connectivity index (χ2n) is 5.23. The van der Waals surface area contributed by atoms with Gasteiger partial charge in [0.15, 0.2) is 0 Å². The van der Waals surface area contributed by atoms with E-state index >= 15 is 0 Å². The Morgan fingerprint density at radius 2 is 1.78 bits per heavy atom. The molecule has 0 aliphatic rings. The van der Waals surface area contributed by atoms with Crippen LogP contribution < -0.4 is 15.4 Å². The normalized spacial score (nSPS) is 11.4. The maximum Gasteiger partial charge on any atom is 0.251 e. The van der Waals surface area contributed by atoms with Crippen LogP contribution in [0, 0.1) is 0 Å². The molecular weight excluding hydrogens is 292 g/mol. The molecule has 2 N–H and O–H groups in total. The lowest BCUT2D eigenvalue weighted by atomic mass is 10.1. The van der Waals surface area contributed by atoms with Crippen LogP contribution in [0.3, 0.4) is 0 Å². The van der Waals surface area contributed by atoms with Crippen molar-refractivity contribution in [3.8, 4) is 5.75 Å². The largest absolute Gasteiger partial charge is 0.497 e. The second-order valence-corrected chi connectivity index (χ2v) is 5.23. The summed E-state index contributed by atoms with van der Waals surface area (Å²) >= 11 is 0. The number of anilines is 1. The molecule has 2 aromatic rings. The molecule has 0 aliphatic heterocycles. The average Bonchev–Trinajstić information content (AvgIpc) is 2.54. The highest BCUT2D eigenvalue weighted by Crippen LogP contribution is 2.18. The molecule has 5 nitrogen and oxygen atoms in total. The van der Waals surface area contributed by atoms with Gasteiger partial charge >= 0.3 is 0 Å². The van der Waals surface area contributed by atoms with E-state index in [1.165, 1.54) is 6.92 Å². The van der Waals surface area contributed by atoms with Gasteiger partial charge in [-0.1, -0.05) is 12.1 Å². The minimum atomic E-state index is -0.182. The monoisotopic (exact) mass is 312 g/mol. The van der Waals surface area contributed by atoms with Gasteiger partial charge in [0.1, 0.15) is 5.75 Å². The molecule has 0 saturated heterocycles. The lowest BCUT2D eigenvalue weighted by Crippen LogP contribution is -2.26. The summed E-state index contributed by atoms with van der Waals surface area (Å²) in [7, 11) is 1.58. The Balaban J connectivity index is 2.06. The lowest BCUT2D eigenvalue weighted by molar-refractivity contribution is -0.114. The Bertz CT molecular complexity index is 696. The van der Waals surface area contributed by atoms with E-state index in [1.54, 1.807) is 31.4 Å². The molecule has 1 atom stereocenters. The molecule has 5 heteroatoms. The molecule has 0 aliphatic carbocycles. The Morgan fingerprint density at radius 3 is 2.39 bits per heavy atom. The van der Waals surface area contributed by atoms with E-state index in [2.05, 4.69) is 10.6 Å². The van der Waals surface area contributed by atoms with Gasteiger partial charge in [0.25, 0.3) is 5.91 Å². The third-order valence-electron chi connectivity index (χ3n) is 3.41. The molecule has 0 bridgehead atoms. The van der Waals surface area contributed by atoms with Crippen LogP contribution in [-0.4, -0.2) is 18.9 Å². The summed E-state index contributed by atoms with van der Waals surface area (Å²) < 4.78 is 5.08. The number of benzene rings is 2. The van der Waals surface area contributed by atoms with Gasteiger partial charge in [-0.2, -0.15) is 0 Å². The number of ether oxygens (including phenoxy) is 1. The highest BCUT2D eigenvalue weighted by atomic mass is 16.5. The number of hydrogen-bond donors (Lipinski definition) is 2. The summed E-state index contributed by atoms with van der Waals surface area (Å²) in [6.07, 6.45) is 0. The zero-order valence-electron chi connectivity index (χ0n) is 13.4. The van der Waals surface area contributed by atoms with Crippen molar-refractivity contribution in [1.82, 2.24) is 5.32 Å². The first-order valence-corrected chi connectivity index (χ1v) is 7.32. The number of hydrogen-bond acceptors (Lipinski definition) is 3. The van der Waals surface area contributed by atoms with Gasteiger partial charge in [-0.25, -0.2) is 0 Å². The third kappa shape index (κ3) is 4.57. The second kappa shape index (κ2) is 7.45. The maximum atomic E-state index is 12.3. The SMILES string of the molecule is COc1ccc(C(=O)NC(C)c2cccc(NC(C)=O)c2)cc1. The fraction of sp³-hybridized carbons (Fsp3) is 0.222. The van der Waals surface area contributed by atoms with Crippen LogP contribution in [0.15, 0.2) is 48.5 Å². The molecule has 0 saturated carbocycles. The first kappa shape index (κ1) is 16.5. The highest BCUT2D eigenvalue weighted by Gasteiger charge is 2.12. The van der Waals surface area contributed by atoms with E-state index in [0.29, 0.717) is 17.0 Å². The fourth-order valence-corrected chi connectivity index (χ4v) is 2.19. The lowest BCUT2D eigenvalue weighted by Gasteiger charge is -2.15. The summed E-state index contributed by atoms with van der Waals surface area (Å²) in [6, 6.07) is 14.2. The van der Waals surface area contributed by atoms with Crippen LogP contribution >= 0.6 is 0 Å². The van der Waals surface area contributed by atoms with Crippen molar-refractivity contribution in [1.29, 1.82) is 0 Å². The van der Waals surface area contributed by atoms with Crippen LogP contribution in [0.4, 0.5) is 5.69 Å². The zero-order valence-corrected chi connectivity index (χ0v) is 13.4. The van der Waals surface area contributed by atoms with Crippen molar-refractivity contribution in [2.75, 3.05) is 12.4 Å². The van der Waals surface area contributed by atoms with Gasteiger partial charge in [0.05, 0.1) is 13.2 Å². The molecule has 2 amide bonds. The minimum absolute atomic E-state index is 0.128. The smallest absolute Gasteiger partial charge is 0.251 e. The predicted octanol–water partition coefficient (Wildman–Crippen LogP) is 3.14. The number of amides is 2. The van der Waals surface area contributed by atoms with Gasteiger partial charge in [0, 0.05) is 18.2 Å². The number of rotatable bonds is 5. The first-order valence-electron chi connectivity index (χ1n) is 7.32. The molecule has 0 aromatic heterocycles. The quantitative estimate of drug-likeness (QED) is 0.891. The third-order valence-corrected chi connectivity index (χ3v) is 3.41. The van der Waals surface area contributed by atoms with E-state index in [0.717, 1.165) is 5.56 Å². The van der Waals surface area contributed by atoms with Crippen molar-refractivity contribution in [3.05, 3.63) is 59.7 Å². The van der Waals surface area contributed by atoms with Crippen LogP contribution in [0.25, 0.3) is 0 Å². The van der Waals surface area contributed by atoms with E-state index in [1.807, 2.05) is 31.2 Å². The number of carbonyl (C=O) groups excluding carboxylic acids is 2. The average molecular weight is 312 g/mol. The van der Waals surface area contributed by atoms with Crippen LogP contribution in [0.1, 0.15) is 35.8 Å². The molecule has 0 spiro atoms. The Morgan fingerprint density at radius 1 is 1.09 bits per heavy atom. The van der Waals surface area contributed by atoms with Crippen molar-refractivity contribution in [3.63, 3.8) is 0 Å². The molecule has 0 radical (unpaired) electrons. The Labute approximate surface area is 135 Å². The number of nitrogens with one attached hydrogen (secondary N) is 2. The molecule has 0 heterocycles. The summed E-state index contributed by atoms with van der Waals surface area (Å²) in [6.45, 7) is 3.36. The van der Waals surface area contributed by atoms with E-state index < -0.39 is 0 Å². The van der Waals surface area contributed by atoms with Crippen LogP contribution in [0.5, 0.6) is 5.75 Å². The van der Waals surface area contributed by atoms with E-state index in [9.17, 15) is 9.59 Å². The first-order chi connectivity index (χ1) is 11.0. The predicted molar refractivity (Wildman–Crippen MR) is 89.6 cm³/mol. The molecule has 0 fully saturated rings. The molecule has 1 unspecified atom stereocenters.